The van der Waals surface area contributed by atoms with Gasteiger partial charge in [-0.15, -0.1) is 0 Å². The highest BCUT2D eigenvalue weighted by Gasteiger charge is 2.26. The zero-order valence-electron chi connectivity index (χ0n) is 13.1. The third-order valence-corrected chi connectivity index (χ3v) is 3.90. The van der Waals surface area contributed by atoms with Gasteiger partial charge >= 0.3 is 0 Å². The summed E-state index contributed by atoms with van der Waals surface area (Å²) in [7, 11) is 0. The van der Waals surface area contributed by atoms with Crippen molar-refractivity contribution in [3.63, 3.8) is 0 Å². The smallest absolute Gasteiger partial charge is 0.222 e. The quantitative estimate of drug-likeness (QED) is 0.925. The van der Waals surface area contributed by atoms with Crippen LogP contribution >= 0.6 is 0 Å². The van der Waals surface area contributed by atoms with Crippen LogP contribution in [0.15, 0.2) is 24.3 Å². The molecule has 1 aromatic rings. The Morgan fingerprint density at radius 1 is 1.43 bits per heavy atom. The SMILES string of the molecule is CC1CC(NC(=O)C(C)C)CN(Cc2cccc(F)c2)C1. The lowest BCUT2D eigenvalue weighted by molar-refractivity contribution is -0.125. The lowest BCUT2D eigenvalue weighted by atomic mass is 9.95. The first kappa shape index (κ1) is 16.0. The average Bonchev–Trinajstić information content (AvgIpc) is 2.37. The van der Waals surface area contributed by atoms with Gasteiger partial charge in [0, 0.05) is 31.6 Å². The molecular weight excluding hydrogens is 267 g/mol. The molecule has 1 saturated heterocycles. The Morgan fingerprint density at radius 3 is 2.86 bits per heavy atom. The molecule has 21 heavy (non-hydrogen) atoms. The van der Waals surface area contributed by atoms with Crippen molar-refractivity contribution in [2.45, 2.75) is 39.8 Å². The van der Waals surface area contributed by atoms with E-state index in [-0.39, 0.29) is 23.7 Å². The molecule has 0 aliphatic carbocycles. The zero-order chi connectivity index (χ0) is 15.4. The number of carbonyl (C=O) groups excluding carboxylic acids is 1. The molecule has 1 aliphatic heterocycles. The molecule has 1 amide bonds. The van der Waals surface area contributed by atoms with Crippen LogP contribution in [0.2, 0.25) is 0 Å². The normalized spacial score (nSPS) is 23.3. The third-order valence-electron chi connectivity index (χ3n) is 3.90. The number of rotatable bonds is 4. The van der Waals surface area contributed by atoms with E-state index < -0.39 is 0 Å². The first-order valence-electron chi connectivity index (χ1n) is 7.71. The van der Waals surface area contributed by atoms with Crippen molar-refractivity contribution in [1.29, 1.82) is 0 Å². The number of nitrogens with one attached hydrogen (secondary N) is 1. The van der Waals surface area contributed by atoms with Crippen molar-refractivity contribution in [3.05, 3.63) is 35.6 Å². The highest BCUT2D eigenvalue weighted by Crippen LogP contribution is 2.19. The molecule has 1 aromatic carbocycles. The van der Waals surface area contributed by atoms with E-state index in [1.54, 1.807) is 12.1 Å². The number of benzene rings is 1. The van der Waals surface area contributed by atoms with Gasteiger partial charge in [-0.2, -0.15) is 0 Å². The van der Waals surface area contributed by atoms with Crippen molar-refractivity contribution in [1.82, 2.24) is 10.2 Å². The van der Waals surface area contributed by atoms with Gasteiger partial charge in [-0.25, -0.2) is 4.39 Å². The van der Waals surface area contributed by atoms with Crippen LogP contribution in [-0.2, 0) is 11.3 Å². The fourth-order valence-corrected chi connectivity index (χ4v) is 2.96. The maximum atomic E-state index is 13.3. The van der Waals surface area contributed by atoms with Crippen molar-refractivity contribution in [3.8, 4) is 0 Å². The minimum atomic E-state index is -0.192. The van der Waals surface area contributed by atoms with E-state index in [2.05, 4.69) is 17.1 Å². The molecule has 0 aromatic heterocycles. The molecule has 1 fully saturated rings. The fourth-order valence-electron chi connectivity index (χ4n) is 2.96. The molecule has 3 nitrogen and oxygen atoms in total. The number of halogens is 1. The molecule has 0 saturated carbocycles. The van der Waals surface area contributed by atoms with Crippen LogP contribution in [0.4, 0.5) is 4.39 Å². The molecule has 1 heterocycles. The van der Waals surface area contributed by atoms with Crippen LogP contribution in [0, 0.1) is 17.7 Å². The molecule has 2 rings (SSSR count). The van der Waals surface area contributed by atoms with E-state index in [9.17, 15) is 9.18 Å². The van der Waals surface area contributed by atoms with Gasteiger partial charge in [-0.3, -0.25) is 9.69 Å². The van der Waals surface area contributed by atoms with Gasteiger partial charge in [0.15, 0.2) is 0 Å². The van der Waals surface area contributed by atoms with Gasteiger partial charge in [0.25, 0.3) is 0 Å². The number of nitrogens with zero attached hydrogens (tertiary/aromatic N) is 1. The largest absolute Gasteiger partial charge is 0.352 e. The Morgan fingerprint density at radius 2 is 2.19 bits per heavy atom. The standard InChI is InChI=1S/C17H25FN2O/c1-12(2)17(21)19-16-7-13(3)9-20(11-16)10-14-5-4-6-15(18)8-14/h4-6,8,12-13,16H,7,9-11H2,1-3H3,(H,19,21). The van der Waals surface area contributed by atoms with Crippen LogP contribution < -0.4 is 5.32 Å². The first-order chi connectivity index (χ1) is 9.94. The van der Waals surface area contributed by atoms with Gasteiger partial charge in [0.2, 0.25) is 5.91 Å². The van der Waals surface area contributed by atoms with Gasteiger partial charge in [0.05, 0.1) is 0 Å². The highest BCUT2D eigenvalue weighted by atomic mass is 19.1. The second kappa shape index (κ2) is 7.03. The summed E-state index contributed by atoms with van der Waals surface area (Å²) in [5.74, 6) is 0.464. The molecule has 0 spiro atoms. The molecule has 1 N–H and O–H groups in total. The monoisotopic (exact) mass is 292 g/mol. The van der Waals surface area contributed by atoms with E-state index in [0.29, 0.717) is 5.92 Å². The lowest BCUT2D eigenvalue weighted by Gasteiger charge is -2.37. The molecule has 4 heteroatoms. The fraction of sp³-hybridized carbons (Fsp3) is 0.588. The van der Waals surface area contributed by atoms with Crippen molar-refractivity contribution >= 4 is 5.91 Å². The van der Waals surface area contributed by atoms with E-state index in [0.717, 1.165) is 31.6 Å². The third kappa shape index (κ3) is 4.81. The van der Waals surface area contributed by atoms with Crippen molar-refractivity contribution < 1.29 is 9.18 Å². The van der Waals surface area contributed by atoms with Crippen LogP contribution in [0.5, 0.6) is 0 Å². The number of amides is 1. The maximum Gasteiger partial charge on any atom is 0.222 e. The van der Waals surface area contributed by atoms with Crippen LogP contribution in [0.25, 0.3) is 0 Å². The Hall–Kier alpha value is -1.42. The summed E-state index contributed by atoms with van der Waals surface area (Å²) >= 11 is 0. The van der Waals surface area contributed by atoms with Gasteiger partial charge in [-0.05, 0) is 30.0 Å². The van der Waals surface area contributed by atoms with Crippen molar-refractivity contribution in [2.24, 2.45) is 11.8 Å². The van der Waals surface area contributed by atoms with E-state index in [1.165, 1.54) is 6.07 Å². The Balaban J connectivity index is 1.95. The van der Waals surface area contributed by atoms with Crippen LogP contribution in [0.1, 0.15) is 32.8 Å². The minimum absolute atomic E-state index is 0.0129. The highest BCUT2D eigenvalue weighted by molar-refractivity contribution is 5.78. The van der Waals surface area contributed by atoms with Crippen molar-refractivity contribution in [2.75, 3.05) is 13.1 Å². The summed E-state index contributed by atoms with van der Waals surface area (Å²) < 4.78 is 13.3. The molecular formula is C17H25FN2O. The number of hydrogen-bond acceptors (Lipinski definition) is 2. The van der Waals surface area contributed by atoms with Crippen LogP contribution in [-0.4, -0.2) is 29.9 Å². The summed E-state index contributed by atoms with van der Waals surface area (Å²) in [4.78, 5) is 14.1. The summed E-state index contributed by atoms with van der Waals surface area (Å²) in [6, 6.07) is 6.94. The van der Waals surface area contributed by atoms with Crippen LogP contribution in [0.3, 0.4) is 0 Å². The zero-order valence-corrected chi connectivity index (χ0v) is 13.1. The lowest BCUT2D eigenvalue weighted by Crippen LogP contribution is -2.50. The van der Waals surface area contributed by atoms with E-state index in [4.69, 9.17) is 0 Å². The second-order valence-electron chi connectivity index (χ2n) is 6.53. The topological polar surface area (TPSA) is 32.3 Å². The molecule has 2 atom stereocenters. The summed E-state index contributed by atoms with van der Waals surface area (Å²) in [5, 5.41) is 3.12. The van der Waals surface area contributed by atoms with Gasteiger partial charge < -0.3 is 5.32 Å². The first-order valence-corrected chi connectivity index (χ1v) is 7.71. The van der Waals surface area contributed by atoms with E-state index >= 15 is 0 Å². The molecule has 2 unspecified atom stereocenters. The number of likely N-dealkylation sites (tertiary alicyclic amines) is 1. The second-order valence-corrected chi connectivity index (χ2v) is 6.53. The number of carbonyl (C=O) groups is 1. The molecule has 1 aliphatic rings. The molecule has 0 bridgehead atoms. The summed E-state index contributed by atoms with van der Waals surface area (Å²) in [5.41, 5.74) is 0.984. The number of hydrogen-bond donors (Lipinski definition) is 1. The average molecular weight is 292 g/mol. The Bertz CT molecular complexity index is 489. The molecule has 116 valence electrons. The van der Waals surface area contributed by atoms with Gasteiger partial charge in [0.1, 0.15) is 5.82 Å². The predicted octanol–water partition coefficient (Wildman–Crippen LogP) is 2.81. The summed E-state index contributed by atoms with van der Waals surface area (Å²) in [6.07, 6.45) is 1.01. The van der Waals surface area contributed by atoms with Gasteiger partial charge in [-0.1, -0.05) is 32.9 Å². The summed E-state index contributed by atoms with van der Waals surface area (Å²) in [6.45, 7) is 8.57. The Labute approximate surface area is 126 Å². The van der Waals surface area contributed by atoms with E-state index in [1.807, 2.05) is 19.9 Å². The molecule has 0 radical (unpaired) electrons. The predicted molar refractivity (Wildman–Crippen MR) is 82.2 cm³/mol. The number of piperidine rings is 1. The Kier molecular flexibility index (Phi) is 5.34. The minimum Gasteiger partial charge on any atom is -0.352 e. The maximum absolute atomic E-state index is 13.3.